The maximum absolute atomic E-state index is 12.0. The Balaban J connectivity index is 2.92. The minimum absolute atomic E-state index is 0.00797. The molecule has 0 aromatic heterocycles. The lowest BCUT2D eigenvalue weighted by Gasteiger charge is -2.41. The second kappa shape index (κ2) is 6.15. The lowest BCUT2D eigenvalue weighted by molar-refractivity contribution is -0.134. The molecule has 0 spiro atoms. The van der Waals surface area contributed by atoms with E-state index >= 15 is 0 Å². The average Bonchev–Trinajstić information content (AvgIpc) is 2.47. The fraction of sp³-hybridized carbons (Fsp3) is 0.294. The predicted octanol–water partition coefficient (Wildman–Crippen LogP) is 3.91. The van der Waals surface area contributed by atoms with Gasteiger partial charge in [0.1, 0.15) is 0 Å². The van der Waals surface area contributed by atoms with E-state index in [-0.39, 0.29) is 16.2 Å². The first-order valence-electron chi connectivity index (χ1n) is 7.12. The van der Waals surface area contributed by atoms with Gasteiger partial charge in [0.05, 0.1) is 26.6 Å². The van der Waals surface area contributed by atoms with Crippen molar-refractivity contribution < 1.29 is 19.8 Å². The standard InChI is InChI=1S/C17H17Cl2NO4/c1-8-13(15(21)22)17(3,10-5-6-11(18)12(19)7-10)14(16(23)24)9(2)20(8)4/h5-7H,1-4H3,(H,21,22)(H,23,24). The Kier molecular flexibility index (Phi) is 4.70. The molecule has 0 aliphatic carbocycles. The molecule has 1 aromatic carbocycles. The second-order valence-electron chi connectivity index (χ2n) is 5.84. The summed E-state index contributed by atoms with van der Waals surface area (Å²) >= 11 is 12.0. The number of allylic oxidation sites excluding steroid dienone is 2. The summed E-state index contributed by atoms with van der Waals surface area (Å²) in [4.78, 5) is 25.5. The van der Waals surface area contributed by atoms with Crippen LogP contribution in [0.3, 0.4) is 0 Å². The maximum Gasteiger partial charge on any atom is 0.334 e. The van der Waals surface area contributed by atoms with Crippen molar-refractivity contribution in [2.75, 3.05) is 7.05 Å². The summed E-state index contributed by atoms with van der Waals surface area (Å²) in [7, 11) is 1.64. The highest BCUT2D eigenvalue weighted by molar-refractivity contribution is 6.42. The Morgan fingerprint density at radius 1 is 1.00 bits per heavy atom. The van der Waals surface area contributed by atoms with Crippen LogP contribution in [0.2, 0.25) is 10.0 Å². The summed E-state index contributed by atoms with van der Waals surface area (Å²) in [6.07, 6.45) is 0. The number of carboxylic acids is 2. The minimum atomic E-state index is -1.37. The van der Waals surface area contributed by atoms with Crippen molar-refractivity contribution in [1.82, 2.24) is 4.90 Å². The summed E-state index contributed by atoms with van der Waals surface area (Å²) in [6, 6.07) is 4.65. The zero-order chi connectivity index (χ0) is 18.4. The van der Waals surface area contributed by atoms with Crippen LogP contribution in [0.4, 0.5) is 0 Å². The number of hydrogen-bond donors (Lipinski definition) is 2. The fourth-order valence-electron chi connectivity index (χ4n) is 3.27. The molecule has 0 fully saturated rings. The minimum Gasteiger partial charge on any atom is -0.478 e. The monoisotopic (exact) mass is 369 g/mol. The smallest absolute Gasteiger partial charge is 0.334 e. The molecule has 7 heteroatoms. The van der Waals surface area contributed by atoms with E-state index in [4.69, 9.17) is 23.2 Å². The predicted molar refractivity (Wildman–Crippen MR) is 92.2 cm³/mol. The molecular weight excluding hydrogens is 353 g/mol. The molecule has 0 saturated heterocycles. The van der Waals surface area contributed by atoms with Crippen molar-refractivity contribution >= 4 is 35.1 Å². The number of carbonyl (C=O) groups is 2. The Hall–Kier alpha value is -1.98. The Labute approximate surface area is 149 Å². The Morgan fingerprint density at radius 2 is 1.46 bits per heavy atom. The molecule has 5 nitrogen and oxygen atoms in total. The zero-order valence-corrected chi connectivity index (χ0v) is 15.2. The molecule has 0 amide bonds. The van der Waals surface area contributed by atoms with Crippen molar-refractivity contribution in [1.29, 1.82) is 0 Å². The molecule has 0 bridgehead atoms. The van der Waals surface area contributed by atoms with E-state index in [2.05, 4.69) is 0 Å². The number of rotatable bonds is 3. The summed E-state index contributed by atoms with van der Waals surface area (Å²) in [6.45, 7) is 4.89. The number of hydrogen-bond acceptors (Lipinski definition) is 3. The van der Waals surface area contributed by atoms with Gasteiger partial charge in [-0.15, -0.1) is 0 Å². The molecule has 24 heavy (non-hydrogen) atoms. The van der Waals surface area contributed by atoms with Gasteiger partial charge in [-0.3, -0.25) is 0 Å². The largest absolute Gasteiger partial charge is 0.478 e. The van der Waals surface area contributed by atoms with Gasteiger partial charge in [0.25, 0.3) is 0 Å². The van der Waals surface area contributed by atoms with Crippen LogP contribution in [0.5, 0.6) is 0 Å². The highest BCUT2D eigenvalue weighted by Crippen LogP contribution is 2.47. The van der Waals surface area contributed by atoms with E-state index in [1.165, 1.54) is 12.1 Å². The highest BCUT2D eigenvalue weighted by Gasteiger charge is 2.48. The molecule has 1 aliphatic rings. The van der Waals surface area contributed by atoms with Gasteiger partial charge < -0.3 is 15.1 Å². The highest BCUT2D eigenvalue weighted by atomic mass is 35.5. The summed E-state index contributed by atoms with van der Waals surface area (Å²) in [5.41, 5.74) is 0.0143. The van der Waals surface area contributed by atoms with Gasteiger partial charge in [0.2, 0.25) is 0 Å². The third kappa shape index (κ3) is 2.58. The molecule has 128 valence electrons. The maximum atomic E-state index is 12.0. The van der Waals surface area contributed by atoms with Gasteiger partial charge >= 0.3 is 11.9 Å². The van der Waals surface area contributed by atoms with Gasteiger partial charge in [-0.1, -0.05) is 29.3 Å². The van der Waals surface area contributed by atoms with Crippen LogP contribution in [0, 0.1) is 0 Å². The number of benzene rings is 1. The topological polar surface area (TPSA) is 77.8 Å². The van der Waals surface area contributed by atoms with Gasteiger partial charge in [-0.25, -0.2) is 9.59 Å². The van der Waals surface area contributed by atoms with Crippen molar-refractivity contribution in [3.05, 3.63) is 56.3 Å². The molecule has 0 radical (unpaired) electrons. The van der Waals surface area contributed by atoms with Crippen LogP contribution in [0.25, 0.3) is 0 Å². The van der Waals surface area contributed by atoms with E-state index < -0.39 is 17.4 Å². The van der Waals surface area contributed by atoms with Crippen LogP contribution in [0.15, 0.2) is 40.7 Å². The third-order valence-electron chi connectivity index (χ3n) is 4.65. The summed E-state index contributed by atoms with van der Waals surface area (Å²) < 4.78 is 0. The van der Waals surface area contributed by atoms with Crippen LogP contribution in [0.1, 0.15) is 26.3 Å². The van der Waals surface area contributed by atoms with E-state index in [0.717, 1.165) is 0 Å². The number of aliphatic carboxylic acids is 2. The number of halogens is 2. The van der Waals surface area contributed by atoms with Gasteiger partial charge in [-0.2, -0.15) is 0 Å². The van der Waals surface area contributed by atoms with Crippen LogP contribution in [-0.2, 0) is 15.0 Å². The molecule has 0 saturated carbocycles. The summed E-state index contributed by atoms with van der Waals surface area (Å²) in [5, 5.41) is 20.1. The normalized spacial score (nSPS) is 17.3. The molecule has 2 N–H and O–H groups in total. The Bertz CT molecular complexity index is 773. The molecule has 1 heterocycles. The molecule has 2 rings (SSSR count). The average molecular weight is 370 g/mol. The quantitative estimate of drug-likeness (QED) is 0.844. The fourth-order valence-corrected chi connectivity index (χ4v) is 3.57. The lowest BCUT2D eigenvalue weighted by Crippen LogP contribution is -2.43. The van der Waals surface area contributed by atoms with Crippen LogP contribution >= 0.6 is 23.2 Å². The van der Waals surface area contributed by atoms with Crippen molar-refractivity contribution in [2.24, 2.45) is 0 Å². The molecule has 0 unspecified atom stereocenters. The van der Waals surface area contributed by atoms with Gasteiger partial charge in [0.15, 0.2) is 0 Å². The van der Waals surface area contributed by atoms with Crippen LogP contribution in [-0.4, -0.2) is 34.1 Å². The van der Waals surface area contributed by atoms with E-state index in [9.17, 15) is 19.8 Å². The van der Waals surface area contributed by atoms with E-state index in [1.54, 1.807) is 38.8 Å². The van der Waals surface area contributed by atoms with Crippen LogP contribution < -0.4 is 0 Å². The third-order valence-corrected chi connectivity index (χ3v) is 5.39. The number of nitrogens with zero attached hydrogens (tertiary/aromatic N) is 1. The first-order valence-corrected chi connectivity index (χ1v) is 7.87. The second-order valence-corrected chi connectivity index (χ2v) is 6.66. The number of carboxylic acid groups (broad SMARTS) is 2. The molecular formula is C17H17Cl2NO4. The molecule has 1 aliphatic heterocycles. The first kappa shape index (κ1) is 18.4. The molecule has 0 atom stereocenters. The van der Waals surface area contributed by atoms with Crippen molar-refractivity contribution in [3.63, 3.8) is 0 Å². The van der Waals surface area contributed by atoms with Gasteiger partial charge in [0, 0.05) is 18.4 Å². The summed E-state index contributed by atoms with van der Waals surface area (Å²) in [5.74, 6) is -2.36. The first-order chi connectivity index (χ1) is 11.0. The zero-order valence-electron chi connectivity index (χ0n) is 13.6. The van der Waals surface area contributed by atoms with Crippen molar-refractivity contribution in [3.8, 4) is 0 Å². The SMILES string of the molecule is CC1=C(C(=O)O)C(C)(c2ccc(Cl)c(Cl)c2)C(C(=O)O)=C(C)N1C. The molecule has 1 aromatic rings. The van der Waals surface area contributed by atoms with Crippen molar-refractivity contribution in [2.45, 2.75) is 26.2 Å². The van der Waals surface area contributed by atoms with E-state index in [1.807, 2.05) is 0 Å². The van der Waals surface area contributed by atoms with E-state index in [0.29, 0.717) is 22.0 Å². The lowest BCUT2D eigenvalue weighted by atomic mass is 9.67. The Morgan fingerprint density at radius 3 is 1.83 bits per heavy atom. The van der Waals surface area contributed by atoms with Gasteiger partial charge in [-0.05, 0) is 38.5 Å².